The van der Waals surface area contributed by atoms with Crippen LogP contribution in [0.1, 0.15) is 6.92 Å². The van der Waals surface area contributed by atoms with Crippen molar-refractivity contribution in [1.82, 2.24) is 0 Å². The average Bonchev–Trinajstić information content (AvgIpc) is 2.26. The van der Waals surface area contributed by atoms with Gasteiger partial charge in [0.2, 0.25) is 0 Å². The van der Waals surface area contributed by atoms with Crippen LogP contribution in [0.5, 0.6) is 0 Å². The van der Waals surface area contributed by atoms with E-state index in [4.69, 9.17) is 23.2 Å². The zero-order chi connectivity index (χ0) is 14.4. The maximum absolute atomic E-state index is 12.0. The molecule has 0 saturated carbocycles. The van der Waals surface area contributed by atoms with Crippen molar-refractivity contribution in [3.05, 3.63) is 28.2 Å². The fourth-order valence-corrected chi connectivity index (χ4v) is 2.14. The molecule has 4 nitrogen and oxygen atoms in total. The average molecular weight is 306 g/mol. The van der Waals surface area contributed by atoms with Gasteiger partial charge in [0.05, 0.1) is 14.1 Å². The highest BCUT2D eigenvalue weighted by Gasteiger charge is 2.16. The molecule has 1 aromatic rings. The van der Waals surface area contributed by atoms with Crippen molar-refractivity contribution in [3.8, 4) is 0 Å². The van der Waals surface area contributed by atoms with Crippen molar-refractivity contribution in [2.75, 3.05) is 32.5 Å². The first-order valence-electron chi connectivity index (χ1n) is 6.28. The predicted octanol–water partition coefficient (Wildman–Crippen LogP) is 0.0283. The molecule has 106 valence electrons. The number of nitrogens with two attached hydrogens (primary N) is 1. The Kier molecular flexibility index (Phi) is 6.58. The van der Waals surface area contributed by atoms with E-state index in [0.717, 1.165) is 13.1 Å². The first-order chi connectivity index (χ1) is 8.88. The third-order valence-electron chi connectivity index (χ3n) is 2.71. The van der Waals surface area contributed by atoms with Crippen LogP contribution in [0.3, 0.4) is 0 Å². The van der Waals surface area contributed by atoms with E-state index in [1.165, 1.54) is 4.90 Å². The highest BCUT2D eigenvalue weighted by atomic mass is 35.5. The first kappa shape index (κ1) is 16.2. The third-order valence-corrected chi connectivity index (χ3v) is 3.14. The maximum atomic E-state index is 12.0. The minimum Gasteiger partial charge on any atom is -0.335 e. The Morgan fingerprint density at radius 1 is 1.32 bits per heavy atom. The zero-order valence-electron chi connectivity index (χ0n) is 11.5. The van der Waals surface area contributed by atoms with Crippen LogP contribution in [0.2, 0.25) is 10.0 Å². The third kappa shape index (κ3) is 6.25. The van der Waals surface area contributed by atoms with Gasteiger partial charge >= 0.3 is 0 Å². The van der Waals surface area contributed by atoms with Crippen LogP contribution in [-0.2, 0) is 4.79 Å². The van der Waals surface area contributed by atoms with E-state index >= 15 is 0 Å². The summed E-state index contributed by atoms with van der Waals surface area (Å²) in [5.74, 6) is -0.0490. The van der Waals surface area contributed by atoms with Gasteiger partial charge in [-0.3, -0.25) is 4.79 Å². The van der Waals surface area contributed by atoms with Crippen molar-refractivity contribution in [3.63, 3.8) is 0 Å². The Labute approximate surface area is 124 Å². The second kappa shape index (κ2) is 7.70. The van der Waals surface area contributed by atoms with E-state index in [1.54, 1.807) is 18.2 Å². The van der Waals surface area contributed by atoms with E-state index in [2.05, 4.69) is 19.4 Å². The molecule has 0 aliphatic carbocycles. The second-order valence-electron chi connectivity index (χ2n) is 4.92. The Hall–Kier alpha value is -0.810. The summed E-state index contributed by atoms with van der Waals surface area (Å²) in [4.78, 5) is 13.3. The maximum Gasteiger partial charge on any atom is 0.282 e. The molecule has 0 aliphatic heterocycles. The number of likely N-dealkylation sites (N-methyl/N-ethyl adjacent to an activating group) is 1. The minimum atomic E-state index is -0.142. The molecule has 0 aromatic heterocycles. The fraction of sp³-hybridized carbons (Fsp3) is 0.462. The van der Waals surface area contributed by atoms with Crippen molar-refractivity contribution in [2.24, 2.45) is 0 Å². The van der Waals surface area contributed by atoms with E-state index < -0.39 is 0 Å². The number of hydrogen-bond donors (Lipinski definition) is 3. The molecule has 1 aromatic carbocycles. The molecule has 0 spiro atoms. The summed E-state index contributed by atoms with van der Waals surface area (Å²) >= 11 is 11.8. The van der Waals surface area contributed by atoms with Crippen molar-refractivity contribution in [2.45, 2.75) is 13.0 Å². The molecule has 0 unspecified atom stereocenters. The first-order valence-corrected chi connectivity index (χ1v) is 7.03. The van der Waals surface area contributed by atoms with Crippen LogP contribution < -0.4 is 15.5 Å². The van der Waals surface area contributed by atoms with Crippen LogP contribution >= 0.6 is 23.2 Å². The highest BCUT2D eigenvalue weighted by Crippen LogP contribution is 2.22. The summed E-state index contributed by atoms with van der Waals surface area (Å²) in [5, 5.41) is 5.86. The number of amides is 1. The summed E-state index contributed by atoms with van der Waals surface area (Å²) in [6.45, 7) is 3.81. The number of nitrogens with one attached hydrogen (secondary N) is 2. The van der Waals surface area contributed by atoms with E-state index in [0.29, 0.717) is 15.7 Å². The minimum absolute atomic E-state index is 0.0490. The standard InChI is InChI=1S/C13H19Cl2N3O/c1-9(16-4-5-18(2)3)13(19)17-12-7-10(14)6-11(15)8-12/h6-9,16H,4-5H2,1-3H3,(H,17,19)/p+2/t9-/m1/s1. The monoisotopic (exact) mass is 305 g/mol. The molecule has 0 bridgehead atoms. The van der Waals surface area contributed by atoms with E-state index in [1.807, 2.05) is 12.2 Å². The fourth-order valence-electron chi connectivity index (χ4n) is 1.61. The molecule has 0 saturated heterocycles. The topological polar surface area (TPSA) is 50.2 Å². The lowest BCUT2D eigenvalue weighted by Crippen LogP contribution is -3.10. The van der Waals surface area contributed by atoms with E-state index in [-0.39, 0.29) is 11.9 Å². The summed E-state index contributed by atoms with van der Waals surface area (Å²) < 4.78 is 0. The summed E-state index contributed by atoms with van der Waals surface area (Å²) in [5.41, 5.74) is 0.626. The summed E-state index contributed by atoms with van der Waals surface area (Å²) in [6.07, 6.45) is 0. The Morgan fingerprint density at radius 3 is 2.42 bits per heavy atom. The number of benzene rings is 1. The number of rotatable bonds is 6. The molecule has 0 aliphatic rings. The highest BCUT2D eigenvalue weighted by molar-refractivity contribution is 6.35. The van der Waals surface area contributed by atoms with Gasteiger partial charge in [-0.1, -0.05) is 23.2 Å². The number of halogens is 2. The Balaban J connectivity index is 2.49. The van der Waals surface area contributed by atoms with Crippen molar-refractivity contribution < 1.29 is 15.0 Å². The molecule has 0 heterocycles. The van der Waals surface area contributed by atoms with Gasteiger partial charge < -0.3 is 15.5 Å². The largest absolute Gasteiger partial charge is 0.335 e. The van der Waals surface area contributed by atoms with Gasteiger partial charge in [-0.05, 0) is 25.1 Å². The zero-order valence-corrected chi connectivity index (χ0v) is 13.0. The lowest BCUT2D eigenvalue weighted by molar-refractivity contribution is -0.875. The van der Waals surface area contributed by atoms with E-state index in [9.17, 15) is 4.79 Å². The summed E-state index contributed by atoms with van der Waals surface area (Å²) in [7, 11) is 4.18. The van der Waals surface area contributed by atoms with Crippen LogP contribution in [0, 0.1) is 0 Å². The number of carbonyl (C=O) groups excluding carboxylic acids is 1. The lowest BCUT2D eigenvalue weighted by Gasteiger charge is -2.12. The van der Waals surface area contributed by atoms with Crippen LogP contribution in [0.25, 0.3) is 0 Å². The molecule has 1 amide bonds. The predicted molar refractivity (Wildman–Crippen MR) is 79.0 cm³/mol. The number of anilines is 1. The van der Waals surface area contributed by atoms with Gasteiger partial charge in [0.25, 0.3) is 5.91 Å². The molecule has 0 radical (unpaired) electrons. The number of hydrogen-bond acceptors (Lipinski definition) is 1. The van der Waals surface area contributed by atoms with Gasteiger partial charge in [0, 0.05) is 15.7 Å². The number of carbonyl (C=O) groups is 1. The Bertz CT molecular complexity index is 418. The number of quaternary nitrogens is 2. The van der Waals surface area contributed by atoms with Crippen LogP contribution in [0.15, 0.2) is 18.2 Å². The molecular weight excluding hydrogens is 285 g/mol. The van der Waals surface area contributed by atoms with Crippen molar-refractivity contribution in [1.29, 1.82) is 0 Å². The van der Waals surface area contributed by atoms with Gasteiger partial charge in [-0.25, -0.2) is 0 Å². The van der Waals surface area contributed by atoms with Crippen LogP contribution in [-0.4, -0.2) is 39.1 Å². The van der Waals surface area contributed by atoms with Gasteiger partial charge in [0.1, 0.15) is 13.1 Å². The van der Waals surface area contributed by atoms with Crippen molar-refractivity contribution >= 4 is 34.8 Å². The second-order valence-corrected chi connectivity index (χ2v) is 5.79. The summed E-state index contributed by atoms with van der Waals surface area (Å²) in [6, 6.07) is 4.86. The molecule has 19 heavy (non-hydrogen) atoms. The Morgan fingerprint density at radius 2 is 1.89 bits per heavy atom. The molecular formula is C13H21Cl2N3O+2. The van der Waals surface area contributed by atoms with Gasteiger partial charge in [-0.2, -0.15) is 0 Å². The van der Waals surface area contributed by atoms with Crippen LogP contribution in [0.4, 0.5) is 5.69 Å². The quantitative estimate of drug-likeness (QED) is 0.682. The smallest absolute Gasteiger partial charge is 0.282 e. The van der Waals surface area contributed by atoms with Gasteiger partial charge in [-0.15, -0.1) is 0 Å². The molecule has 1 atom stereocenters. The molecule has 1 rings (SSSR count). The lowest BCUT2D eigenvalue weighted by atomic mass is 10.2. The SMILES string of the molecule is C[C@@H]([NH2+]CC[NH+](C)C)C(=O)Nc1cc(Cl)cc(Cl)c1. The molecule has 4 N–H and O–H groups in total. The normalized spacial score (nSPS) is 12.5. The molecule has 6 heteroatoms. The van der Waals surface area contributed by atoms with Gasteiger partial charge in [0.15, 0.2) is 6.04 Å². The molecule has 0 fully saturated rings.